The van der Waals surface area contributed by atoms with Gasteiger partial charge in [0.2, 0.25) is 0 Å². The number of benzene rings is 1. The topological polar surface area (TPSA) is 27.3 Å². The van der Waals surface area contributed by atoms with Crippen molar-refractivity contribution >= 4 is 34.6 Å². The van der Waals surface area contributed by atoms with E-state index in [1.807, 2.05) is 19.9 Å². The van der Waals surface area contributed by atoms with Gasteiger partial charge in [-0.3, -0.25) is 4.90 Å². The molecule has 5 heteroatoms. The fourth-order valence-electron chi connectivity index (χ4n) is 3.36. The highest BCUT2D eigenvalue weighted by Crippen LogP contribution is 2.27. The van der Waals surface area contributed by atoms with Gasteiger partial charge in [-0.25, -0.2) is 0 Å². The normalized spacial score (nSPS) is 20.1. The molecule has 0 unspecified atom stereocenters. The second-order valence-electron chi connectivity index (χ2n) is 6.71. The van der Waals surface area contributed by atoms with Crippen LogP contribution in [-0.2, 0) is 0 Å². The highest BCUT2D eigenvalue weighted by molar-refractivity contribution is 7.80. The van der Waals surface area contributed by atoms with Crippen LogP contribution < -0.4 is 10.6 Å². The van der Waals surface area contributed by atoms with E-state index in [0.717, 1.165) is 23.4 Å². The van der Waals surface area contributed by atoms with Crippen LogP contribution in [0.3, 0.4) is 0 Å². The Morgan fingerprint density at radius 1 is 1.39 bits per heavy atom. The maximum atomic E-state index is 6.32. The smallest absolute Gasteiger partial charge is 0.170 e. The van der Waals surface area contributed by atoms with Gasteiger partial charge in [-0.15, -0.1) is 0 Å². The van der Waals surface area contributed by atoms with Crippen molar-refractivity contribution in [1.29, 1.82) is 0 Å². The third-order valence-corrected chi connectivity index (χ3v) is 5.19. The maximum absolute atomic E-state index is 6.32. The molecule has 1 aromatic rings. The average Bonchev–Trinajstić information content (AvgIpc) is 2.49. The SMILES string of the molecule is Cc1cc(C)c(NC(=S)NC[C@H](C)N2CCCC[C@@H]2C)c(Cl)c1. The number of nitrogens with zero attached hydrogens (tertiary/aromatic N) is 1. The molecule has 1 aliphatic heterocycles. The predicted molar refractivity (Wildman–Crippen MR) is 105 cm³/mol. The number of halogens is 1. The first kappa shape index (κ1) is 18.5. The lowest BCUT2D eigenvalue weighted by atomic mass is 10.0. The first-order valence-electron chi connectivity index (χ1n) is 8.46. The van der Waals surface area contributed by atoms with Gasteiger partial charge in [-0.1, -0.05) is 24.1 Å². The van der Waals surface area contributed by atoms with Gasteiger partial charge in [-0.2, -0.15) is 0 Å². The monoisotopic (exact) mass is 353 g/mol. The zero-order valence-corrected chi connectivity index (χ0v) is 16.2. The first-order valence-corrected chi connectivity index (χ1v) is 9.24. The van der Waals surface area contributed by atoms with Crippen LogP contribution in [0.5, 0.6) is 0 Å². The van der Waals surface area contributed by atoms with Gasteiger partial charge in [0.15, 0.2) is 5.11 Å². The molecule has 1 aromatic carbocycles. The van der Waals surface area contributed by atoms with Gasteiger partial charge in [-0.05, 0) is 76.5 Å². The summed E-state index contributed by atoms with van der Waals surface area (Å²) in [7, 11) is 0. The highest BCUT2D eigenvalue weighted by atomic mass is 35.5. The molecule has 2 rings (SSSR count). The minimum absolute atomic E-state index is 0.472. The largest absolute Gasteiger partial charge is 0.361 e. The van der Waals surface area contributed by atoms with Crippen LogP contribution in [0.15, 0.2) is 12.1 Å². The van der Waals surface area contributed by atoms with Crippen molar-refractivity contribution in [2.75, 3.05) is 18.4 Å². The quantitative estimate of drug-likeness (QED) is 0.779. The van der Waals surface area contributed by atoms with Crippen LogP contribution >= 0.6 is 23.8 Å². The van der Waals surface area contributed by atoms with Gasteiger partial charge in [0.05, 0.1) is 10.7 Å². The summed E-state index contributed by atoms with van der Waals surface area (Å²) in [6.07, 6.45) is 3.95. The lowest BCUT2D eigenvalue weighted by Crippen LogP contribution is -2.49. The van der Waals surface area contributed by atoms with Crippen LogP contribution in [0.2, 0.25) is 5.02 Å². The predicted octanol–water partition coefficient (Wildman–Crippen LogP) is 4.51. The standard InChI is InChI=1S/C18H28ClN3S/c1-12-9-13(2)17(16(19)10-12)21-18(23)20-11-15(4)22-8-6-5-7-14(22)3/h9-10,14-15H,5-8,11H2,1-4H3,(H2,20,21,23)/t14-,15-/m0/s1. The molecule has 0 radical (unpaired) electrons. The molecule has 0 aromatic heterocycles. The number of anilines is 1. The molecule has 23 heavy (non-hydrogen) atoms. The highest BCUT2D eigenvalue weighted by Gasteiger charge is 2.23. The molecule has 1 fully saturated rings. The van der Waals surface area contributed by atoms with Crippen LogP contribution in [-0.4, -0.2) is 35.2 Å². The van der Waals surface area contributed by atoms with Crippen molar-refractivity contribution in [3.8, 4) is 0 Å². The number of likely N-dealkylation sites (tertiary alicyclic amines) is 1. The van der Waals surface area contributed by atoms with Crippen molar-refractivity contribution in [3.05, 3.63) is 28.3 Å². The molecule has 2 N–H and O–H groups in total. The van der Waals surface area contributed by atoms with Gasteiger partial charge >= 0.3 is 0 Å². The average molecular weight is 354 g/mol. The molecular formula is C18H28ClN3S. The van der Waals surface area contributed by atoms with E-state index < -0.39 is 0 Å². The summed E-state index contributed by atoms with van der Waals surface area (Å²) in [5.74, 6) is 0. The van der Waals surface area contributed by atoms with Gasteiger partial charge < -0.3 is 10.6 Å². The number of rotatable bonds is 4. The van der Waals surface area contributed by atoms with E-state index in [1.165, 1.54) is 25.8 Å². The molecule has 0 aliphatic carbocycles. The zero-order chi connectivity index (χ0) is 17.0. The lowest BCUT2D eigenvalue weighted by molar-refractivity contribution is 0.116. The summed E-state index contributed by atoms with van der Waals surface area (Å²) >= 11 is 11.8. The Balaban J connectivity index is 1.88. The summed E-state index contributed by atoms with van der Waals surface area (Å²) in [6, 6.07) is 5.20. The fraction of sp³-hybridized carbons (Fsp3) is 0.611. The molecule has 1 saturated heterocycles. The summed E-state index contributed by atoms with van der Waals surface area (Å²) in [5, 5.41) is 7.93. The third kappa shape index (κ3) is 5.07. The van der Waals surface area contributed by atoms with Crippen LogP contribution in [0.25, 0.3) is 0 Å². The molecule has 2 atom stereocenters. The van der Waals surface area contributed by atoms with Crippen molar-refractivity contribution in [2.45, 2.75) is 59.0 Å². The number of hydrogen-bond donors (Lipinski definition) is 2. The number of thiocarbonyl (C=S) groups is 1. The summed E-state index contributed by atoms with van der Waals surface area (Å²) in [4.78, 5) is 2.57. The number of hydrogen-bond acceptors (Lipinski definition) is 2. The van der Waals surface area contributed by atoms with E-state index in [1.54, 1.807) is 0 Å². The van der Waals surface area contributed by atoms with Crippen molar-refractivity contribution in [1.82, 2.24) is 10.2 Å². The van der Waals surface area contributed by atoms with E-state index in [2.05, 4.69) is 35.4 Å². The third-order valence-electron chi connectivity index (χ3n) is 4.65. The molecule has 0 spiro atoms. The fourth-order valence-corrected chi connectivity index (χ4v) is 3.92. The van der Waals surface area contributed by atoms with Crippen LogP contribution in [0.1, 0.15) is 44.2 Å². The Morgan fingerprint density at radius 3 is 2.78 bits per heavy atom. The number of nitrogens with one attached hydrogen (secondary N) is 2. The van der Waals surface area contributed by atoms with Crippen LogP contribution in [0, 0.1) is 13.8 Å². The molecule has 1 aliphatic rings. The van der Waals surface area contributed by atoms with Crippen molar-refractivity contribution in [2.24, 2.45) is 0 Å². The van der Waals surface area contributed by atoms with Gasteiger partial charge in [0.25, 0.3) is 0 Å². The Bertz CT molecular complexity index is 538. The summed E-state index contributed by atoms with van der Waals surface area (Å²) in [5.41, 5.74) is 3.16. The van der Waals surface area contributed by atoms with E-state index in [9.17, 15) is 0 Å². The second-order valence-corrected chi connectivity index (χ2v) is 7.52. The Hall–Kier alpha value is -0.840. The molecule has 0 bridgehead atoms. The summed E-state index contributed by atoms with van der Waals surface area (Å²) in [6.45, 7) is 10.7. The molecule has 1 heterocycles. The Labute approximate surface area is 150 Å². The molecule has 0 amide bonds. The number of piperidine rings is 1. The maximum Gasteiger partial charge on any atom is 0.170 e. The van der Waals surface area contributed by atoms with E-state index in [4.69, 9.17) is 23.8 Å². The van der Waals surface area contributed by atoms with Crippen molar-refractivity contribution in [3.63, 3.8) is 0 Å². The number of aryl methyl sites for hydroxylation is 2. The van der Waals surface area contributed by atoms with Gasteiger partial charge in [0.1, 0.15) is 0 Å². The molecule has 0 saturated carbocycles. The van der Waals surface area contributed by atoms with E-state index in [0.29, 0.717) is 22.2 Å². The van der Waals surface area contributed by atoms with E-state index in [-0.39, 0.29) is 0 Å². The zero-order valence-electron chi connectivity index (χ0n) is 14.6. The minimum Gasteiger partial charge on any atom is -0.361 e. The summed E-state index contributed by atoms with van der Waals surface area (Å²) < 4.78 is 0. The molecular weight excluding hydrogens is 326 g/mol. The lowest BCUT2D eigenvalue weighted by Gasteiger charge is -2.38. The minimum atomic E-state index is 0.472. The first-order chi connectivity index (χ1) is 10.9. The molecule has 3 nitrogen and oxygen atoms in total. The van der Waals surface area contributed by atoms with Crippen LogP contribution in [0.4, 0.5) is 5.69 Å². The molecule has 128 valence electrons. The van der Waals surface area contributed by atoms with Gasteiger partial charge in [0, 0.05) is 18.6 Å². The van der Waals surface area contributed by atoms with Crippen molar-refractivity contribution < 1.29 is 0 Å². The Morgan fingerprint density at radius 2 is 2.13 bits per heavy atom. The van der Waals surface area contributed by atoms with E-state index >= 15 is 0 Å². The second kappa shape index (κ2) is 8.32. The Kier molecular flexibility index (Phi) is 6.69.